The molecule has 0 bridgehead atoms. The second-order valence-electron chi connectivity index (χ2n) is 7.37. The van der Waals surface area contributed by atoms with Gasteiger partial charge in [0.1, 0.15) is 11.3 Å². The summed E-state index contributed by atoms with van der Waals surface area (Å²) in [5.41, 5.74) is 1.11. The zero-order chi connectivity index (χ0) is 21.8. The predicted octanol–water partition coefficient (Wildman–Crippen LogP) is 4.61. The number of piperazine rings is 1. The van der Waals surface area contributed by atoms with Crippen molar-refractivity contribution in [2.45, 2.75) is 12.8 Å². The summed E-state index contributed by atoms with van der Waals surface area (Å²) in [5, 5.41) is 1.91. The number of amides is 1. The Balaban J connectivity index is 1.22. The third-order valence-corrected chi connectivity index (χ3v) is 6.04. The van der Waals surface area contributed by atoms with Crippen molar-refractivity contribution in [3.8, 4) is 5.75 Å². The van der Waals surface area contributed by atoms with Crippen LogP contribution >= 0.6 is 23.2 Å². The first-order chi connectivity index (χ1) is 15.0. The van der Waals surface area contributed by atoms with E-state index < -0.39 is 5.63 Å². The molecule has 0 atom stereocenters. The van der Waals surface area contributed by atoms with Crippen LogP contribution in [0.3, 0.4) is 0 Å². The zero-order valence-corrected chi connectivity index (χ0v) is 18.4. The van der Waals surface area contributed by atoms with Gasteiger partial charge < -0.3 is 19.0 Å². The lowest BCUT2D eigenvalue weighted by molar-refractivity contribution is -0.131. The van der Waals surface area contributed by atoms with Crippen molar-refractivity contribution in [1.29, 1.82) is 0 Å². The first-order valence-electron chi connectivity index (χ1n) is 10.1. The maximum atomic E-state index is 12.5. The van der Waals surface area contributed by atoms with Gasteiger partial charge in [0.25, 0.3) is 0 Å². The Kier molecular flexibility index (Phi) is 6.68. The highest BCUT2D eigenvalue weighted by molar-refractivity contribution is 6.42. The first-order valence-corrected chi connectivity index (χ1v) is 10.9. The topological polar surface area (TPSA) is 63.0 Å². The molecule has 1 amide bonds. The van der Waals surface area contributed by atoms with Crippen LogP contribution in [0.4, 0.5) is 5.69 Å². The minimum atomic E-state index is -0.394. The van der Waals surface area contributed by atoms with Crippen molar-refractivity contribution in [2.24, 2.45) is 0 Å². The van der Waals surface area contributed by atoms with E-state index in [4.69, 9.17) is 32.4 Å². The fourth-order valence-electron chi connectivity index (χ4n) is 3.60. The molecule has 0 saturated carbocycles. The molecule has 1 aromatic heterocycles. The Morgan fingerprint density at radius 1 is 0.968 bits per heavy atom. The Hall–Kier alpha value is -2.70. The molecule has 162 valence electrons. The number of halogens is 2. The molecule has 6 nitrogen and oxygen atoms in total. The number of hydrogen-bond donors (Lipinski definition) is 0. The predicted molar refractivity (Wildman–Crippen MR) is 122 cm³/mol. The molecule has 0 N–H and O–H groups in total. The molecule has 1 saturated heterocycles. The quantitative estimate of drug-likeness (QED) is 0.397. The highest BCUT2D eigenvalue weighted by Gasteiger charge is 2.21. The van der Waals surface area contributed by atoms with Crippen LogP contribution in [0.15, 0.2) is 57.7 Å². The minimum absolute atomic E-state index is 0.127. The molecule has 0 radical (unpaired) electrons. The lowest BCUT2D eigenvalue weighted by atomic mass is 10.2. The first kappa shape index (κ1) is 21.5. The summed E-state index contributed by atoms with van der Waals surface area (Å²) in [6, 6.07) is 14.1. The Labute approximate surface area is 189 Å². The van der Waals surface area contributed by atoms with Crippen LogP contribution in [-0.2, 0) is 4.79 Å². The van der Waals surface area contributed by atoms with Crippen LogP contribution in [0.2, 0.25) is 10.0 Å². The second kappa shape index (κ2) is 9.62. The summed E-state index contributed by atoms with van der Waals surface area (Å²) < 4.78 is 10.9. The molecule has 8 heteroatoms. The van der Waals surface area contributed by atoms with E-state index in [0.717, 1.165) is 24.2 Å². The van der Waals surface area contributed by atoms with E-state index in [1.54, 1.807) is 18.2 Å². The van der Waals surface area contributed by atoms with Crippen molar-refractivity contribution < 1.29 is 13.9 Å². The number of rotatable bonds is 6. The molecule has 4 rings (SSSR count). The Morgan fingerprint density at radius 2 is 1.74 bits per heavy atom. The van der Waals surface area contributed by atoms with Crippen LogP contribution in [0.25, 0.3) is 11.0 Å². The van der Waals surface area contributed by atoms with Crippen molar-refractivity contribution in [3.63, 3.8) is 0 Å². The molecule has 1 aliphatic heterocycles. The molecular weight excluding hydrogens is 439 g/mol. The van der Waals surface area contributed by atoms with Gasteiger partial charge in [0, 0.05) is 55.8 Å². The summed E-state index contributed by atoms with van der Waals surface area (Å²) in [5.74, 6) is 0.742. The second-order valence-corrected chi connectivity index (χ2v) is 8.19. The van der Waals surface area contributed by atoms with Gasteiger partial charge in [-0.05, 0) is 42.8 Å². The largest absolute Gasteiger partial charge is 0.493 e. The molecule has 0 spiro atoms. The third-order valence-electron chi connectivity index (χ3n) is 5.30. The van der Waals surface area contributed by atoms with Crippen LogP contribution in [0.1, 0.15) is 12.8 Å². The number of carbonyl (C=O) groups is 1. The molecule has 1 aliphatic rings. The highest BCUT2D eigenvalue weighted by atomic mass is 35.5. The number of nitrogens with zero attached hydrogens (tertiary/aromatic N) is 2. The highest BCUT2D eigenvalue weighted by Crippen LogP contribution is 2.28. The number of anilines is 1. The van der Waals surface area contributed by atoms with Crippen molar-refractivity contribution in [2.75, 3.05) is 37.7 Å². The average Bonchev–Trinajstić information content (AvgIpc) is 2.78. The van der Waals surface area contributed by atoms with Crippen molar-refractivity contribution >= 4 is 45.8 Å². The maximum absolute atomic E-state index is 12.5. The number of ether oxygens (including phenoxy) is 1. The van der Waals surface area contributed by atoms with Crippen LogP contribution in [0, 0.1) is 0 Å². The normalized spacial score (nSPS) is 14.1. The van der Waals surface area contributed by atoms with E-state index in [0.29, 0.717) is 53.9 Å². The summed E-state index contributed by atoms with van der Waals surface area (Å²) in [6.07, 6.45) is 1.04. The lowest BCUT2D eigenvalue weighted by Crippen LogP contribution is -2.48. The van der Waals surface area contributed by atoms with Crippen molar-refractivity contribution in [1.82, 2.24) is 4.90 Å². The van der Waals surface area contributed by atoms with E-state index >= 15 is 0 Å². The van der Waals surface area contributed by atoms with Gasteiger partial charge in [0.05, 0.1) is 16.7 Å². The minimum Gasteiger partial charge on any atom is -0.493 e. The molecule has 0 aliphatic carbocycles. The molecule has 2 aromatic carbocycles. The molecular formula is C23H22Cl2N2O4. The molecule has 31 heavy (non-hydrogen) atoms. The summed E-state index contributed by atoms with van der Waals surface area (Å²) in [6.45, 7) is 3.26. The SMILES string of the molecule is O=C(CCCOc1ccc2ccc(=O)oc2c1)N1CCN(c2ccc(Cl)c(Cl)c2)CC1. The van der Waals surface area contributed by atoms with Gasteiger partial charge in [-0.15, -0.1) is 0 Å². The van der Waals surface area contributed by atoms with Gasteiger partial charge in [-0.1, -0.05) is 23.2 Å². The van der Waals surface area contributed by atoms with E-state index in [1.165, 1.54) is 6.07 Å². The molecule has 0 unspecified atom stereocenters. The van der Waals surface area contributed by atoms with Gasteiger partial charge in [0.15, 0.2) is 0 Å². The average molecular weight is 461 g/mol. The third kappa shape index (κ3) is 5.32. The van der Waals surface area contributed by atoms with E-state index in [1.807, 2.05) is 29.2 Å². The van der Waals surface area contributed by atoms with Gasteiger partial charge in [-0.2, -0.15) is 0 Å². The van der Waals surface area contributed by atoms with Gasteiger partial charge in [-0.3, -0.25) is 4.79 Å². The lowest BCUT2D eigenvalue weighted by Gasteiger charge is -2.36. The van der Waals surface area contributed by atoms with Gasteiger partial charge in [0.2, 0.25) is 5.91 Å². The van der Waals surface area contributed by atoms with E-state index in [2.05, 4.69) is 4.90 Å². The molecule has 3 aromatic rings. The standard InChI is InChI=1S/C23H22Cl2N2O4/c24-19-7-5-17(14-20(19)25)26-9-11-27(12-10-26)22(28)2-1-13-30-18-6-3-16-4-8-23(29)31-21(16)15-18/h3-8,14-15H,1-2,9-13H2. The van der Waals surface area contributed by atoms with E-state index in [9.17, 15) is 9.59 Å². The van der Waals surface area contributed by atoms with Crippen LogP contribution < -0.4 is 15.3 Å². The Morgan fingerprint density at radius 3 is 2.52 bits per heavy atom. The number of hydrogen-bond acceptors (Lipinski definition) is 5. The molecule has 2 heterocycles. The summed E-state index contributed by atoms with van der Waals surface area (Å²) >= 11 is 12.1. The van der Waals surface area contributed by atoms with Crippen molar-refractivity contribution in [3.05, 3.63) is 69.0 Å². The summed E-state index contributed by atoms with van der Waals surface area (Å²) in [7, 11) is 0. The number of benzene rings is 2. The smallest absolute Gasteiger partial charge is 0.336 e. The van der Waals surface area contributed by atoms with Crippen LogP contribution in [0.5, 0.6) is 5.75 Å². The van der Waals surface area contributed by atoms with Gasteiger partial charge in [-0.25, -0.2) is 4.79 Å². The number of fused-ring (bicyclic) bond motifs is 1. The fourth-order valence-corrected chi connectivity index (χ4v) is 3.89. The zero-order valence-electron chi connectivity index (χ0n) is 16.9. The number of carbonyl (C=O) groups excluding carboxylic acids is 1. The Bertz CT molecular complexity index is 1140. The maximum Gasteiger partial charge on any atom is 0.336 e. The van der Waals surface area contributed by atoms with E-state index in [-0.39, 0.29) is 5.91 Å². The van der Waals surface area contributed by atoms with Crippen LogP contribution in [-0.4, -0.2) is 43.6 Å². The monoisotopic (exact) mass is 460 g/mol. The molecule has 1 fully saturated rings. The summed E-state index contributed by atoms with van der Waals surface area (Å²) in [4.78, 5) is 28.0. The fraction of sp³-hybridized carbons (Fsp3) is 0.304. The van der Waals surface area contributed by atoms with Gasteiger partial charge >= 0.3 is 5.63 Å².